The molecule has 0 bridgehead atoms. The third kappa shape index (κ3) is 3.56. The monoisotopic (exact) mass is 276 g/mol. The van der Waals surface area contributed by atoms with Crippen molar-refractivity contribution in [1.82, 2.24) is 10.3 Å². The summed E-state index contributed by atoms with van der Waals surface area (Å²) in [6.07, 6.45) is -1.27. The number of carbonyl (C=O) groups excluding carboxylic acids is 1. The number of amides is 1. The minimum Gasteiger partial charge on any atom is -0.465 e. The standard InChI is InChI=1S/C10H10ClFN2O4/c1-2-18-9(15)8-7(12)6(11)3-5(14-8)4-13-10(16)17/h3,13H,2,4H2,1H3,(H,16,17). The molecular weight excluding hydrogens is 267 g/mol. The van der Waals surface area contributed by atoms with Gasteiger partial charge in [0.05, 0.1) is 23.9 Å². The summed E-state index contributed by atoms with van der Waals surface area (Å²) in [6.45, 7) is 1.43. The molecule has 0 aliphatic heterocycles. The van der Waals surface area contributed by atoms with Crippen molar-refractivity contribution in [3.8, 4) is 0 Å². The van der Waals surface area contributed by atoms with E-state index in [2.05, 4.69) is 9.72 Å². The van der Waals surface area contributed by atoms with Gasteiger partial charge in [-0.1, -0.05) is 11.6 Å². The Balaban J connectivity index is 3.02. The predicted octanol–water partition coefficient (Wildman–Crippen LogP) is 1.82. The van der Waals surface area contributed by atoms with Gasteiger partial charge in [0.15, 0.2) is 11.5 Å². The first-order valence-electron chi connectivity index (χ1n) is 4.94. The van der Waals surface area contributed by atoms with E-state index in [9.17, 15) is 14.0 Å². The summed E-state index contributed by atoms with van der Waals surface area (Å²) in [5.41, 5.74) is -0.446. The zero-order valence-electron chi connectivity index (χ0n) is 9.37. The molecule has 1 aromatic rings. The van der Waals surface area contributed by atoms with E-state index in [0.717, 1.165) is 6.07 Å². The molecule has 0 unspecified atom stereocenters. The van der Waals surface area contributed by atoms with Crippen molar-refractivity contribution < 1.29 is 23.8 Å². The third-order valence-electron chi connectivity index (χ3n) is 1.86. The number of carboxylic acid groups (broad SMARTS) is 1. The average Bonchev–Trinajstić information content (AvgIpc) is 2.30. The lowest BCUT2D eigenvalue weighted by atomic mass is 10.3. The van der Waals surface area contributed by atoms with Crippen LogP contribution in [0.25, 0.3) is 0 Å². The van der Waals surface area contributed by atoms with Crippen molar-refractivity contribution in [3.63, 3.8) is 0 Å². The molecule has 0 spiro atoms. The highest BCUT2D eigenvalue weighted by Crippen LogP contribution is 2.19. The van der Waals surface area contributed by atoms with Crippen LogP contribution in [0.15, 0.2) is 6.07 Å². The van der Waals surface area contributed by atoms with Crippen LogP contribution in [-0.2, 0) is 11.3 Å². The van der Waals surface area contributed by atoms with Crippen molar-refractivity contribution >= 4 is 23.7 Å². The first-order valence-corrected chi connectivity index (χ1v) is 5.32. The molecular formula is C10H10ClFN2O4. The molecule has 6 nitrogen and oxygen atoms in total. The van der Waals surface area contributed by atoms with Gasteiger partial charge in [-0.25, -0.2) is 19.0 Å². The van der Waals surface area contributed by atoms with Gasteiger partial charge in [-0.05, 0) is 13.0 Å². The van der Waals surface area contributed by atoms with Crippen molar-refractivity contribution in [2.45, 2.75) is 13.5 Å². The van der Waals surface area contributed by atoms with Crippen LogP contribution < -0.4 is 5.32 Å². The van der Waals surface area contributed by atoms with Gasteiger partial charge in [0.1, 0.15) is 0 Å². The maximum absolute atomic E-state index is 13.5. The molecule has 0 aliphatic carbocycles. The van der Waals surface area contributed by atoms with Crippen LogP contribution in [0.4, 0.5) is 9.18 Å². The highest BCUT2D eigenvalue weighted by molar-refractivity contribution is 6.31. The van der Waals surface area contributed by atoms with Crippen molar-refractivity contribution in [2.24, 2.45) is 0 Å². The summed E-state index contributed by atoms with van der Waals surface area (Å²) in [7, 11) is 0. The molecule has 0 saturated carbocycles. The number of nitrogens with zero attached hydrogens (tertiary/aromatic N) is 1. The minimum atomic E-state index is -1.27. The highest BCUT2D eigenvalue weighted by atomic mass is 35.5. The van der Waals surface area contributed by atoms with Crippen LogP contribution in [0.5, 0.6) is 0 Å². The van der Waals surface area contributed by atoms with E-state index in [1.165, 1.54) is 0 Å². The van der Waals surface area contributed by atoms with Crippen LogP contribution in [0.2, 0.25) is 5.02 Å². The Morgan fingerprint density at radius 2 is 2.28 bits per heavy atom. The lowest BCUT2D eigenvalue weighted by molar-refractivity contribution is 0.0513. The molecule has 0 aromatic carbocycles. The van der Waals surface area contributed by atoms with Crippen molar-refractivity contribution in [3.05, 3.63) is 28.3 Å². The lowest BCUT2D eigenvalue weighted by Crippen LogP contribution is -2.22. The van der Waals surface area contributed by atoms with Gasteiger partial charge in [0.2, 0.25) is 0 Å². The molecule has 1 rings (SSSR count). The number of rotatable bonds is 4. The quantitative estimate of drug-likeness (QED) is 0.819. The highest BCUT2D eigenvalue weighted by Gasteiger charge is 2.19. The van der Waals surface area contributed by atoms with Crippen LogP contribution in [0, 0.1) is 5.82 Å². The fourth-order valence-electron chi connectivity index (χ4n) is 1.14. The summed E-state index contributed by atoms with van der Waals surface area (Å²) in [4.78, 5) is 25.4. The first-order chi connectivity index (χ1) is 8.45. The number of ether oxygens (including phenoxy) is 1. The summed E-state index contributed by atoms with van der Waals surface area (Å²) in [6, 6.07) is 1.13. The lowest BCUT2D eigenvalue weighted by Gasteiger charge is -2.07. The predicted molar refractivity (Wildman–Crippen MR) is 60.0 cm³/mol. The molecule has 8 heteroatoms. The number of esters is 1. The Labute approximate surface area is 107 Å². The van der Waals surface area contributed by atoms with E-state index in [4.69, 9.17) is 16.7 Å². The first kappa shape index (κ1) is 14.2. The summed E-state index contributed by atoms with van der Waals surface area (Å²) < 4.78 is 18.1. The van der Waals surface area contributed by atoms with Gasteiger partial charge in [-0.3, -0.25) is 0 Å². The summed E-state index contributed by atoms with van der Waals surface area (Å²) in [5, 5.41) is 10.1. The molecule has 0 fully saturated rings. The Morgan fingerprint density at radius 3 is 2.83 bits per heavy atom. The molecule has 0 saturated heterocycles. The van der Waals surface area contributed by atoms with Crippen molar-refractivity contribution in [2.75, 3.05) is 6.61 Å². The molecule has 1 amide bonds. The molecule has 2 N–H and O–H groups in total. The average molecular weight is 277 g/mol. The summed E-state index contributed by atoms with van der Waals surface area (Å²) >= 11 is 5.58. The molecule has 98 valence electrons. The molecule has 1 aromatic heterocycles. The van der Waals surface area contributed by atoms with Crippen LogP contribution >= 0.6 is 11.6 Å². The van der Waals surface area contributed by atoms with Gasteiger partial charge in [-0.2, -0.15) is 0 Å². The van der Waals surface area contributed by atoms with E-state index < -0.39 is 23.6 Å². The van der Waals surface area contributed by atoms with Crippen LogP contribution in [0.1, 0.15) is 23.1 Å². The van der Waals surface area contributed by atoms with E-state index in [0.29, 0.717) is 0 Å². The van der Waals surface area contributed by atoms with Gasteiger partial charge in [-0.15, -0.1) is 0 Å². The Morgan fingerprint density at radius 1 is 1.61 bits per heavy atom. The van der Waals surface area contributed by atoms with E-state index in [-0.39, 0.29) is 23.9 Å². The Bertz CT molecular complexity index is 481. The minimum absolute atomic E-state index is 0.0647. The fraction of sp³-hybridized carbons (Fsp3) is 0.300. The number of pyridine rings is 1. The van der Waals surface area contributed by atoms with Gasteiger partial charge < -0.3 is 15.2 Å². The van der Waals surface area contributed by atoms with E-state index in [1.807, 2.05) is 5.32 Å². The maximum Gasteiger partial charge on any atom is 0.404 e. The molecule has 0 aliphatic rings. The van der Waals surface area contributed by atoms with Gasteiger partial charge >= 0.3 is 12.1 Å². The van der Waals surface area contributed by atoms with Gasteiger partial charge in [0, 0.05) is 0 Å². The number of nitrogens with one attached hydrogen (secondary N) is 1. The molecule has 0 atom stereocenters. The summed E-state index contributed by atoms with van der Waals surface area (Å²) in [5.74, 6) is -1.94. The second-order valence-corrected chi connectivity index (χ2v) is 3.54. The van der Waals surface area contributed by atoms with Crippen LogP contribution in [0.3, 0.4) is 0 Å². The number of hydrogen-bond acceptors (Lipinski definition) is 4. The Hall–Kier alpha value is -1.89. The second-order valence-electron chi connectivity index (χ2n) is 3.14. The van der Waals surface area contributed by atoms with E-state index in [1.54, 1.807) is 6.92 Å². The molecule has 1 heterocycles. The van der Waals surface area contributed by atoms with E-state index >= 15 is 0 Å². The molecule has 18 heavy (non-hydrogen) atoms. The second kappa shape index (κ2) is 6.15. The zero-order chi connectivity index (χ0) is 13.7. The maximum atomic E-state index is 13.5. The topological polar surface area (TPSA) is 88.5 Å². The fourth-order valence-corrected chi connectivity index (χ4v) is 1.35. The zero-order valence-corrected chi connectivity index (χ0v) is 10.1. The largest absolute Gasteiger partial charge is 0.465 e. The number of aromatic nitrogens is 1. The molecule has 0 radical (unpaired) electrons. The Kier molecular flexibility index (Phi) is 4.85. The smallest absolute Gasteiger partial charge is 0.404 e. The SMILES string of the molecule is CCOC(=O)c1nc(CNC(=O)O)cc(Cl)c1F. The van der Waals surface area contributed by atoms with Crippen LogP contribution in [-0.4, -0.2) is 28.8 Å². The number of carbonyl (C=O) groups is 2. The number of halogens is 2. The normalized spacial score (nSPS) is 9.94. The third-order valence-corrected chi connectivity index (χ3v) is 2.13. The number of hydrogen-bond donors (Lipinski definition) is 2. The van der Waals surface area contributed by atoms with Gasteiger partial charge in [0.25, 0.3) is 0 Å². The van der Waals surface area contributed by atoms with Crippen molar-refractivity contribution in [1.29, 1.82) is 0 Å².